The molecule has 0 aliphatic carbocycles. The minimum atomic E-state index is -0.397. The maximum atomic E-state index is 13.3. The summed E-state index contributed by atoms with van der Waals surface area (Å²) >= 11 is 1.28. The van der Waals surface area contributed by atoms with Crippen LogP contribution in [0.5, 0.6) is 5.75 Å². The zero-order chi connectivity index (χ0) is 21.7. The standard InChI is InChI=1S/C23H27N3O3S/c1-5-29-18-12-10-17(11-13-18)26-22(28)19-8-6-7-9-20(19)25-23(26)30-16(4)21(27)24-14-15(2)3/h6-13,15-16H,5,14H2,1-4H3,(H,24,27)/t16-/m1/s1. The molecule has 30 heavy (non-hydrogen) atoms. The van der Waals surface area contributed by atoms with Gasteiger partial charge in [-0.05, 0) is 56.2 Å². The monoisotopic (exact) mass is 425 g/mol. The smallest absolute Gasteiger partial charge is 0.266 e. The molecule has 1 aromatic heterocycles. The van der Waals surface area contributed by atoms with E-state index in [-0.39, 0.29) is 11.5 Å². The summed E-state index contributed by atoms with van der Waals surface area (Å²) in [5.74, 6) is 1.03. The third-order valence-electron chi connectivity index (χ3n) is 4.49. The molecule has 0 aliphatic heterocycles. The van der Waals surface area contributed by atoms with Crippen molar-refractivity contribution in [2.75, 3.05) is 13.2 Å². The van der Waals surface area contributed by atoms with Gasteiger partial charge in [0.2, 0.25) is 5.91 Å². The largest absolute Gasteiger partial charge is 0.494 e. The lowest BCUT2D eigenvalue weighted by molar-refractivity contribution is -0.120. The molecule has 1 atom stereocenters. The van der Waals surface area contributed by atoms with Crippen LogP contribution in [0.25, 0.3) is 16.6 Å². The fraction of sp³-hybridized carbons (Fsp3) is 0.348. The SMILES string of the molecule is CCOc1ccc(-n2c(S[C@H](C)C(=O)NCC(C)C)nc3ccccc3c2=O)cc1. The van der Waals surface area contributed by atoms with Crippen LogP contribution >= 0.6 is 11.8 Å². The van der Waals surface area contributed by atoms with Crippen molar-refractivity contribution in [3.8, 4) is 11.4 Å². The summed E-state index contributed by atoms with van der Waals surface area (Å²) < 4.78 is 7.07. The number of nitrogens with zero attached hydrogens (tertiary/aromatic N) is 2. The van der Waals surface area contributed by atoms with E-state index in [1.807, 2.05) is 70.2 Å². The number of ether oxygens (including phenoxy) is 1. The lowest BCUT2D eigenvalue weighted by atomic mass is 10.2. The first-order valence-corrected chi connectivity index (χ1v) is 11.0. The van der Waals surface area contributed by atoms with Gasteiger partial charge in [0.05, 0.1) is 28.4 Å². The number of aromatic nitrogens is 2. The van der Waals surface area contributed by atoms with Crippen LogP contribution in [0, 0.1) is 5.92 Å². The molecule has 0 saturated heterocycles. The molecule has 0 spiro atoms. The zero-order valence-corrected chi connectivity index (χ0v) is 18.5. The van der Waals surface area contributed by atoms with E-state index in [9.17, 15) is 9.59 Å². The molecule has 0 radical (unpaired) electrons. The first-order valence-electron chi connectivity index (χ1n) is 10.1. The van der Waals surface area contributed by atoms with Crippen LogP contribution in [0.4, 0.5) is 0 Å². The summed E-state index contributed by atoms with van der Waals surface area (Å²) in [6.07, 6.45) is 0. The number of thioether (sulfide) groups is 1. The molecular weight excluding hydrogens is 398 g/mol. The second-order valence-corrected chi connectivity index (χ2v) is 8.69. The molecular formula is C23H27N3O3S. The first-order chi connectivity index (χ1) is 14.4. The van der Waals surface area contributed by atoms with E-state index in [2.05, 4.69) is 5.32 Å². The van der Waals surface area contributed by atoms with E-state index >= 15 is 0 Å². The topological polar surface area (TPSA) is 73.2 Å². The second kappa shape index (κ2) is 9.80. The van der Waals surface area contributed by atoms with Gasteiger partial charge in [0.15, 0.2) is 5.16 Å². The summed E-state index contributed by atoms with van der Waals surface area (Å²) in [4.78, 5) is 30.5. The highest BCUT2D eigenvalue weighted by molar-refractivity contribution is 8.00. The Balaban J connectivity index is 2.02. The molecule has 1 amide bonds. The number of carbonyl (C=O) groups is 1. The van der Waals surface area contributed by atoms with E-state index in [1.54, 1.807) is 10.6 Å². The van der Waals surface area contributed by atoms with Gasteiger partial charge in [-0.25, -0.2) is 4.98 Å². The molecule has 6 nitrogen and oxygen atoms in total. The van der Waals surface area contributed by atoms with Crippen LogP contribution in [0.2, 0.25) is 0 Å². The minimum Gasteiger partial charge on any atom is -0.494 e. The Kier molecular flexibility index (Phi) is 7.15. The minimum absolute atomic E-state index is 0.0747. The normalized spacial score (nSPS) is 12.2. The van der Waals surface area contributed by atoms with Crippen LogP contribution < -0.4 is 15.6 Å². The van der Waals surface area contributed by atoms with Crippen LogP contribution in [0.15, 0.2) is 58.5 Å². The predicted molar refractivity (Wildman–Crippen MR) is 122 cm³/mol. The van der Waals surface area contributed by atoms with Gasteiger partial charge in [-0.15, -0.1) is 0 Å². The third-order valence-corrected chi connectivity index (χ3v) is 5.54. The summed E-state index contributed by atoms with van der Waals surface area (Å²) in [5.41, 5.74) is 1.13. The maximum absolute atomic E-state index is 13.3. The number of para-hydroxylation sites is 1. The Labute approximate surface area is 180 Å². The highest BCUT2D eigenvalue weighted by Crippen LogP contribution is 2.26. The van der Waals surface area contributed by atoms with Crippen molar-refractivity contribution in [3.63, 3.8) is 0 Å². The lowest BCUT2D eigenvalue weighted by Gasteiger charge is -2.17. The van der Waals surface area contributed by atoms with E-state index in [0.29, 0.717) is 40.8 Å². The molecule has 158 valence electrons. The Morgan fingerprint density at radius 2 is 1.83 bits per heavy atom. The molecule has 0 saturated carbocycles. The van der Waals surface area contributed by atoms with Crippen molar-refractivity contribution in [2.24, 2.45) is 5.92 Å². The summed E-state index contributed by atoms with van der Waals surface area (Å²) in [6.45, 7) is 9.02. The van der Waals surface area contributed by atoms with Crippen LogP contribution in [0.1, 0.15) is 27.7 Å². The Bertz CT molecular complexity index is 1080. The van der Waals surface area contributed by atoms with E-state index in [1.165, 1.54) is 11.8 Å². The molecule has 1 N–H and O–H groups in total. The fourth-order valence-corrected chi connectivity index (χ4v) is 3.89. The molecule has 0 fully saturated rings. The average molecular weight is 426 g/mol. The van der Waals surface area contributed by atoms with Crippen molar-refractivity contribution in [1.82, 2.24) is 14.9 Å². The molecule has 0 unspecified atom stereocenters. The molecule has 1 heterocycles. The summed E-state index contributed by atoms with van der Waals surface area (Å²) in [5, 5.41) is 3.56. The quantitative estimate of drug-likeness (QED) is 0.436. The lowest BCUT2D eigenvalue weighted by Crippen LogP contribution is -2.34. The van der Waals surface area contributed by atoms with Gasteiger partial charge in [-0.2, -0.15) is 0 Å². The van der Waals surface area contributed by atoms with Crippen LogP contribution in [0.3, 0.4) is 0 Å². The molecule has 0 bridgehead atoms. The van der Waals surface area contributed by atoms with E-state index in [0.717, 1.165) is 5.75 Å². The number of hydrogen-bond donors (Lipinski definition) is 1. The number of hydrogen-bond acceptors (Lipinski definition) is 5. The van der Waals surface area contributed by atoms with Crippen molar-refractivity contribution in [3.05, 3.63) is 58.9 Å². The van der Waals surface area contributed by atoms with E-state index in [4.69, 9.17) is 9.72 Å². The Morgan fingerprint density at radius 3 is 2.50 bits per heavy atom. The van der Waals surface area contributed by atoms with Crippen LogP contribution in [-0.4, -0.2) is 33.9 Å². The van der Waals surface area contributed by atoms with Crippen molar-refractivity contribution < 1.29 is 9.53 Å². The van der Waals surface area contributed by atoms with Crippen molar-refractivity contribution >= 4 is 28.6 Å². The van der Waals surface area contributed by atoms with E-state index < -0.39 is 5.25 Å². The predicted octanol–water partition coefficient (Wildman–Crippen LogP) is 4.04. The van der Waals surface area contributed by atoms with Crippen molar-refractivity contribution in [2.45, 2.75) is 38.1 Å². The fourth-order valence-electron chi connectivity index (χ4n) is 2.94. The zero-order valence-electron chi connectivity index (χ0n) is 17.7. The highest BCUT2D eigenvalue weighted by Gasteiger charge is 2.20. The molecule has 7 heteroatoms. The number of benzene rings is 2. The maximum Gasteiger partial charge on any atom is 0.266 e. The molecule has 3 aromatic rings. The van der Waals surface area contributed by atoms with Crippen LogP contribution in [-0.2, 0) is 4.79 Å². The third kappa shape index (κ3) is 5.02. The number of carbonyl (C=O) groups excluding carboxylic acids is 1. The van der Waals surface area contributed by atoms with Gasteiger partial charge in [0, 0.05) is 6.54 Å². The van der Waals surface area contributed by atoms with Crippen molar-refractivity contribution in [1.29, 1.82) is 0 Å². The first kappa shape index (κ1) is 21.9. The van der Waals surface area contributed by atoms with Gasteiger partial charge >= 0.3 is 0 Å². The number of nitrogens with one attached hydrogen (secondary N) is 1. The average Bonchev–Trinajstić information content (AvgIpc) is 2.73. The number of amides is 1. The van der Waals surface area contributed by atoms with Gasteiger partial charge in [-0.1, -0.05) is 37.7 Å². The van der Waals surface area contributed by atoms with Gasteiger partial charge < -0.3 is 10.1 Å². The molecule has 0 aliphatic rings. The Morgan fingerprint density at radius 1 is 1.13 bits per heavy atom. The second-order valence-electron chi connectivity index (χ2n) is 7.38. The molecule has 2 aromatic carbocycles. The Hall–Kier alpha value is -2.80. The van der Waals surface area contributed by atoms with Gasteiger partial charge in [0.1, 0.15) is 5.75 Å². The van der Waals surface area contributed by atoms with Gasteiger partial charge in [-0.3, -0.25) is 14.2 Å². The summed E-state index contributed by atoms with van der Waals surface area (Å²) in [6, 6.07) is 14.6. The number of fused-ring (bicyclic) bond motifs is 1. The molecule has 3 rings (SSSR count). The number of rotatable bonds is 8. The summed E-state index contributed by atoms with van der Waals surface area (Å²) in [7, 11) is 0. The van der Waals surface area contributed by atoms with Gasteiger partial charge in [0.25, 0.3) is 5.56 Å². The highest BCUT2D eigenvalue weighted by atomic mass is 32.2.